The van der Waals surface area contributed by atoms with E-state index in [1.54, 1.807) is 29.1 Å². The smallest absolute Gasteiger partial charge is 0.240 e. The molecular formula is C23H16F2N6OS. The molecule has 0 saturated heterocycles. The minimum Gasteiger partial charge on any atom is -0.338 e. The molecule has 0 bridgehead atoms. The summed E-state index contributed by atoms with van der Waals surface area (Å²) in [5.41, 5.74) is 1.66. The predicted octanol–water partition coefficient (Wildman–Crippen LogP) is 5.51. The van der Waals surface area contributed by atoms with Crippen LogP contribution in [-0.2, 0) is 0 Å². The van der Waals surface area contributed by atoms with Crippen molar-refractivity contribution in [1.82, 2.24) is 29.9 Å². The minimum atomic E-state index is -0.723. The molecule has 7 nitrogen and oxygen atoms in total. The monoisotopic (exact) mass is 462 g/mol. The molecule has 5 rings (SSSR count). The molecule has 0 aliphatic rings. The van der Waals surface area contributed by atoms with Gasteiger partial charge in [-0.05, 0) is 31.2 Å². The van der Waals surface area contributed by atoms with Gasteiger partial charge in [0.25, 0.3) is 0 Å². The molecule has 0 amide bonds. The van der Waals surface area contributed by atoms with Crippen LogP contribution in [0.4, 0.5) is 8.78 Å². The van der Waals surface area contributed by atoms with Crippen LogP contribution in [-0.4, -0.2) is 29.9 Å². The fraction of sp³-hybridized carbons (Fsp3) is 0.0870. The van der Waals surface area contributed by atoms with E-state index in [2.05, 4.69) is 25.3 Å². The lowest BCUT2D eigenvalue weighted by Gasteiger charge is -2.12. The molecule has 5 aromatic rings. The van der Waals surface area contributed by atoms with Crippen molar-refractivity contribution in [2.45, 2.75) is 17.3 Å². The summed E-state index contributed by atoms with van der Waals surface area (Å²) >= 11 is 1.28. The summed E-state index contributed by atoms with van der Waals surface area (Å²) in [5, 5.41) is 12.7. The third-order valence-electron chi connectivity index (χ3n) is 4.83. The van der Waals surface area contributed by atoms with Gasteiger partial charge in [-0.3, -0.25) is 9.55 Å². The fourth-order valence-corrected chi connectivity index (χ4v) is 4.12. The third kappa shape index (κ3) is 4.24. The fourth-order valence-electron chi connectivity index (χ4n) is 3.23. The molecule has 2 aromatic carbocycles. The molecule has 0 fully saturated rings. The van der Waals surface area contributed by atoms with Crippen molar-refractivity contribution in [3.05, 3.63) is 90.6 Å². The van der Waals surface area contributed by atoms with Gasteiger partial charge in [0.2, 0.25) is 11.7 Å². The Morgan fingerprint density at radius 2 is 1.73 bits per heavy atom. The van der Waals surface area contributed by atoms with E-state index in [-0.39, 0.29) is 10.9 Å². The number of hydrogen-bond acceptors (Lipinski definition) is 7. The lowest BCUT2D eigenvalue weighted by Crippen LogP contribution is -2.04. The van der Waals surface area contributed by atoms with Crippen molar-refractivity contribution in [3.63, 3.8) is 0 Å². The average Bonchev–Trinajstić information content (AvgIpc) is 3.48. The number of thioether (sulfide) groups is 1. The van der Waals surface area contributed by atoms with Gasteiger partial charge in [-0.25, -0.2) is 8.78 Å². The van der Waals surface area contributed by atoms with Crippen LogP contribution in [0.5, 0.6) is 0 Å². The van der Waals surface area contributed by atoms with Gasteiger partial charge in [-0.2, -0.15) is 4.98 Å². The Balaban J connectivity index is 1.52. The number of halogens is 2. The number of pyridine rings is 1. The molecule has 1 atom stereocenters. The Morgan fingerprint density at radius 1 is 0.939 bits per heavy atom. The van der Waals surface area contributed by atoms with Gasteiger partial charge >= 0.3 is 0 Å². The van der Waals surface area contributed by atoms with Gasteiger partial charge in [-0.1, -0.05) is 47.3 Å². The highest BCUT2D eigenvalue weighted by molar-refractivity contribution is 7.99. The summed E-state index contributed by atoms with van der Waals surface area (Å²) in [6.45, 7) is 1.87. The molecular weight excluding hydrogens is 446 g/mol. The molecule has 0 aliphatic carbocycles. The highest BCUT2D eigenvalue weighted by atomic mass is 32.2. The third-order valence-corrected chi connectivity index (χ3v) is 5.86. The SMILES string of the molecule is C[C@H](Sc1nnc(-c2ccccc2)n1-c1ccc(F)cc1F)c1nc(-c2ccncc2)no1. The van der Waals surface area contributed by atoms with E-state index in [0.29, 0.717) is 22.7 Å². The highest BCUT2D eigenvalue weighted by Crippen LogP contribution is 2.37. The first-order valence-corrected chi connectivity index (χ1v) is 10.8. The molecule has 0 saturated carbocycles. The van der Waals surface area contributed by atoms with Crippen LogP contribution >= 0.6 is 11.8 Å². The van der Waals surface area contributed by atoms with Crippen LogP contribution in [0.2, 0.25) is 0 Å². The van der Waals surface area contributed by atoms with E-state index in [1.807, 2.05) is 37.3 Å². The molecule has 33 heavy (non-hydrogen) atoms. The van der Waals surface area contributed by atoms with Gasteiger partial charge in [-0.15, -0.1) is 10.2 Å². The highest BCUT2D eigenvalue weighted by Gasteiger charge is 2.24. The van der Waals surface area contributed by atoms with E-state index >= 15 is 0 Å². The second-order valence-electron chi connectivity index (χ2n) is 7.06. The predicted molar refractivity (Wildman–Crippen MR) is 119 cm³/mol. The maximum absolute atomic E-state index is 14.8. The van der Waals surface area contributed by atoms with Gasteiger partial charge < -0.3 is 4.52 Å². The Morgan fingerprint density at radius 3 is 2.48 bits per heavy atom. The van der Waals surface area contributed by atoms with Gasteiger partial charge in [0, 0.05) is 29.6 Å². The summed E-state index contributed by atoms with van der Waals surface area (Å²) in [7, 11) is 0. The molecule has 0 aliphatic heterocycles. The van der Waals surface area contributed by atoms with Gasteiger partial charge in [0.05, 0.1) is 10.9 Å². The van der Waals surface area contributed by atoms with E-state index < -0.39 is 11.6 Å². The molecule has 0 N–H and O–H groups in total. The number of aromatic nitrogens is 6. The molecule has 0 radical (unpaired) electrons. The van der Waals surface area contributed by atoms with Crippen molar-refractivity contribution in [3.8, 4) is 28.5 Å². The Labute approximate surface area is 191 Å². The van der Waals surface area contributed by atoms with Crippen molar-refractivity contribution < 1.29 is 13.3 Å². The maximum atomic E-state index is 14.8. The topological polar surface area (TPSA) is 82.5 Å². The van der Waals surface area contributed by atoms with Crippen LogP contribution < -0.4 is 0 Å². The standard InChI is InChI=1S/C23H16F2N6OS/c1-14(22-27-20(30-32-22)15-9-11-26-12-10-15)33-23-29-28-21(16-5-3-2-4-6-16)31(23)19-8-7-17(24)13-18(19)25/h2-14H,1H3/t14-/m0/s1. The van der Waals surface area contributed by atoms with Crippen molar-refractivity contribution in [1.29, 1.82) is 0 Å². The van der Waals surface area contributed by atoms with Crippen LogP contribution in [0.15, 0.2) is 82.7 Å². The minimum absolute atomic E-state index is 0.137. The lowest BCUT2D eigenvalue weighted by molar-refractivity contribution is 0.380. The largest absolute Gasteiger partial charge is 0.338 e. The second-order valence-corrected chi connectivity index (χ2v) is 8.36. The Hall–Kier alpha value is -3.92. The van der Waals surface area contributed by atoms with E-state index in [4.69, 9.17) is 4.52 Å². The van der Waals surface area contributed by atoms with E-state index in [0.717, 1.165) is 17.2 Å². The summed E-state index contributed by atoms with van der Waals surface area (Å²) in [6, 6.07) is 16.2. The van der Waals surface area contributed by atoms with Crippen LogP contribution in [0.1, 0.15) is 18.1 Å². The number of rotatable bonds is 6. The zero-order chi connectivity index (χ0) is 22.8. The van der Waals surface area contributed by atoms with Crippen LogP contribution in [0.25, 0.3) is 28.5 Å². The van der Waals surface area contributed by atoms with Crippen molar-refractivity contribution >= 4 is 11.8 Å². The molecule has 164 valence electrons. The first-order valence-electron chi connectivity index (χ1n) is 9.97. The summed E-state index contributed by atoms with van der Waals surface area (Å²) in [6.07, 6.45) is 3.29. The lowest BCUT2D eigenvalue weighted by atomic mass is 10.2. The first kappa shape index (κ1) is 21.0. The normalized spacial score (nSPS) is 12.1. The van der Waals surface area contributed by atoms with Crippen LogP contribution in [0.3, 0.4) is 0 Å². The maximum Gasteiger partial charge on any atom is 0.240 e. The molecule has 0 spiro atoms. The van der Waals surface area contributed by atoms with Gasteiger partial charge in [0.1, 0.15) is 11.6 Å². The first-order chi connectivity index (χ1) is 16.1. The molecule has 10 heteroatoms. The van der Waals surface area contributed by atoms with Crippen molar-refractivity contribution in [2.24, 2.45) is 0 Å². The van der Waals surface area contributed by atoms with Gasteiger partial charge in [0.15, 0.2) is 11.0 Å². The second kappa shape index (κ2) is 8.91. The Kier molecular flexibility index (Phi) is 5.66. The van der Waals surface area contributed by atoms with E-state index in [9.17, 15) is 8.78 Å². The molecule has 3 aromatic heterocycles. The summed E-state index contributed by atoms with van der Waals surface area (Å²) in [4.78, 5) is 8.45. The zero-order valence-electron chi connectivity index (χ0n) is 17.3. The number of hydrogen-bond donors (Lipinski definition) is 0. The van der Waals surface area contributed by atoms with Crippen LogP contribution in [0, 0.1) is 11.6 Å². The quantitative estimate of drug-likeness (QED) is 0.308. The number of nitrogens with zero attached hydrogens (tertiary/aromatic N) is 6. The number of benzene rings is 2. The summed E-state index contributed by atoms with van der Waals surface area (Å²) < 4.78 is 35.3. The van der Waals surface area contributed by atoms with E-state index in [1.165, 1.54) is 23.9 Å². The average molecular weight is 462 g/mol. The molecule has 0 unspecified atom stereocenters. The summed E-state index contributed by atoms with van der Waals surface area (Å²) in [5.74, 6) is -0.140. The Bertz CT molecular complexity index is 1390. The molecule has 3 heterocycles. The zero-order valence-corrected chi connectivity index (χ0v) is 18.1. The van der Waals surface area contributed by atoms with Crippen molar-refractivity contribution in [2.75, 3.05) is 0 Å².